The van der Waals surface area contributed by atoms with Crippen LogP contribution in [0.25, 0.3) is 0 Å². The fourth-order valence-electron chi connectivity index (χ4n) is 1.82. The molecule has 0 bridgehead atoms. The molecule has 102 valence electrons. The van der Waals surface area contributed by atoms with Gasteiger partial charge in [-0.2, -0.15) is 10.2 Å². The predicted molar refractivity (Wildman–Crippen MR) is 80.6 cm³/mol. The molecule has 0 amide bonds. The Balaban J connectivity index is 2.30. The van der Waals surface area contributed by atoms with E-state index >= 15 is 0 Å². The van der Waals surface area contributed by atoms with E-state index < -0.39 is 0 Å². The Labute approximate surface area is 117 Å². The summed E-state index contributed by atoms with van der Waals surface area (Å²) in [5.74, 6) is 0.341. The van der Waals surface area contributed by atoms with Gasteiger partial charge in [0.2, 0.25) is 0 Å². The molecule has 0 aliphatic heterocycles. The van der Waals surface area contributed by atoms with Crippen LogP contribution < -0.4 is 0 Å². The zero-order valence-corrected chi connectivity index (χ0v) is 11.4. The van der Waals surface area contributed by atoms with Gasteiger partial charge in [-0.3, -0.25) is 0 Å². The minimum absolute atomic E-state index is 0.171. The molecule has 0 saturated carbocycles. The van der Waals surface area contributed by atoms with Crippen LogP contribution in [0.4, 0.5) is 0 Å². The summed E-state index contributed by atoms with van der Waals surface area (Å²) < 4.78 is 0. The second kappa shape index (κ2) is 6.02. The lowest BCUT2D eigenvalue weighted by Gasteiger charge is -2.03. The summed E-state index contributed by atoms with van der Waals surface area (Å²) in [6.07, 6.45) is 0. The van der Waals surface area contributed by atoms with Gasteiger partial charge in [0.05, 0.1) is 11.4 Å². The van der Waals surface area contributed by atoms with E-state index in [1.165, 1.54) is 0 Å². The Hall–Kier alpha value is -2.62. The van der Waals surface area contributed by atoms with Crippen molar-refractivity contribution in [1.82, 2.24) is 0 Å². The predicted octanol–water partition coefficient (Wildman–Crippen LogP) is 3.33. The van der Waals surface area contributed by atoms with Gasteiger partial charge in [-0.15, -0.1) is 0 Å². The second-order valence-electron chi connectivity index (χ2n) is 4.41. The van der Waals surface area contributed by atoms with Gasteiger partial charge in [0.1, 0.15) is 11.5 Å². The third-order valence-electron chi connectivity index (χ3n) is 2.94. The summed E-state index contributed by atoms with van der Waals surface area (Å²) in [7, 11) is 0. The number of aromatic hydroxyl groups is 2. The number of para-hydroxylation sites is 2. The van der Waals surface area contributed by atoms with Crippen molar-refractivity contribution in [2.45, 2.75) is 13.8 Å². The van der Waals surface area contributed by atoms with E-state index in [1.807, 2.05) is 12.1 Å². The van der Waals surface area contributed by atoms with Gasteiger partial charge in [0.25, 0.3) is 0 Å². The van der Waals surface area contributed by atoms with Crippen molar-refractivity contribution in [3.05, 3.63) is 59.7 Å². The molecule has 0 heterocycles. The lowest BCUT2D eigenvalue weighted by atomic mass is 10.1. The molecule has 0 radical (unpaired) electrons. The summed E-state index contributed by atoms with van der Waals surface area (Å²) in [5.41, 5.74) is 2.50. The standard InChI is InChI=1S/C16H16N2O2/c1-11(13-7-3-5-9-15(13)19)17-18-12(2)14-8-4-6-10-16(14)20/h3-10,19-20H,1-2H3/b17-11+,18-12+. The third kappa shape index (κ3) is 3.03. The van der Waals surface area contributed by atoms with Gasteiger partial charge in [-0.1, -0.05) is 24.3 Å². The average molecular weight is 268 g/mol. The molecule has 0 fully saturated rings. The van der Waals surface area contributed by atoms with Crippen LogP contribution in [-0.4, -0.2) is 21.6 Å². The van der Waals surface area contributed by atoms with Crippen molar-refractivity contribution in [2.24, 2.45) is 10.2 Å². The molecule has 2 aromatic carbocycles. The summed E-state index contributed by atoms with van der Waals surface area (Å²) >= 11 is 0. The minimum Gasteiger partial charge on any atom is -0.507 e. The van der Waals surface area contributed by atoms with Crippen LogP contribution in [0, 0.1) is 0 Å². The first kappa shape index (κ1) is 13.8. The van der Waals surface area contributed by atoms with E-state index in [9.17, 15) is 10.2 Å². The molecule has 0 aliphatic carbocycles. The zero-order chi connectivity index (χ0) is 14.5. The van der Waals surface area contributed by atoms with Crippen molar-refractivity contribution in [1.29, 1.82) is 0 Å². The molecule has 0 unspecified atom stereocenters. The fourth-order valence-corrected chi connectivity index (χ4v) is 1.82. The number of phenolic OH excluding ortho intramolecular Hbond substituents is 2. The smallest absolute Gasteiger partial charge is 0.124 e. The van der Waals surface area contributed by atoms with E-state index in [0.717, 1.165) is 0 Å². The number of phenols is 2. The third-order valence-corrected chi connectivity index (χ3v) is 2.94. The van der Waals surface area contributed by atoms with Crippen molar-refractivity contribution in [3.63, 3.8) is 0 Å². The summed E-state index contributed by atoms with van der Waals surface area (Å²) in [4.78, 5) is 0. The van der Waals surface area contributed by atoms with Crippen molar-refractivity contribution in [3.8, 4) is 11.5 Å². The topological polar surface area (TPSA) is 65.2 Å². The van der Waals surface area contributed by atoms with Crippen LogP contribution in [0.2, 0.25) is 0 Å². The molecular formula is C16H16N2O2. The number of hydrogen-bond donors (Lipinski definition) is 2. The largest absolute Gasteiger partial charge is 0.507 e. The van der Waals surface area contributed by atoms with E-state index in [-0.39, 0.29) is 11.5 Å². The highest BCUT2D eigenvalue weighted by Crippen LogP contribution is 2.18. The van der Waals surface area contributed by atoms with Gasteiger partial charge in [-0.25, -0.2) is 0 Å². The van der Waals surface area contributed by atoms with Gasteiger partial charge < -0.3 is 10.2 Å². The molecule has 2 aromatic rings. The van der Waals surface area contributed by atoms with E-state index in [1.54, 1.807) is 50.2 Å². The van der Waals surface area contributed by atoms with Crippen molar-refractivity contribution < 1.29 is 10.2 Å². The van der Waals surface area contributed by atoms with Gasteiger partial charge >= 0.3 is 0 Å². The molecule has 0 aliphatic rings. The molecule has 20 heavy (non-hydrogen) atoms. The molecule has 2 rings (SSSR count). The maximum absolute atomic E-state index is 9.74. The average Bonchev–Trinajstić information content (AvgIpc) is 2.45. The van der Waals surface area contributed by atoms with Gasteiger partial charge in [0, 0.05) is 11.1 Å². The molecule has 4 nitrogen and oxygen atoms in total. The first-order chi connectivity index (χ1) is 9.59. The number of hydrogen-bond acceptors (Lipinski definition) is 4. The van der Waals surface area contributed by atoms with E-state index in [4.69, 9.17) is 0 Å². The lowest BCUT2D eigenvalue weighted by Crippen LogP contribution is -1.97. The van der Waals surface area contributed by atoms with Crippen LogP contribution in [-0.2, 0) is 0 Å². The monoisotopic (exact) mass is 268 g/mol. The number of benzene rings is 2. The second-order valence-corrected chi connectivity index (χ2v) is 4.41. The van der Waals surface area contributed by atoms with Crippen molar-refractivity contribution >= 4 is 11.4 Å². The van der Waals surface area contributed by atoms with Crippen LogP contribution >= 0.6 is 0 Å². The maximum atomic E-state index is 9.74. The first-order valence-corrected chi connectivity index (χ1v) is 6.25. The van der Waals surface area contributed by atoms with E-state index in [0.29, 0.717) is 22.6 Å². The Morgan fingerprint density at radius 2 is 1.05 bits per heavy atom. The Bertz CT molecular complexity index is 616. The molecular weight excluding hydrogens is 252 g/mol. The molecule has 4 heteroatoms. The Morgan fingerprint density at radius 1 is 0.700 bits per heavy atom. The quantitative estimate of drug-likeness (QED) is 0.662. The van der Waals surface area contributed by atoms with Crippen molar-refractivity contribution in [2.75, 3.05) is 0 Å². The SMILES string of the molecule is C/C(=N\N=C(/C)c1ccccc1O)c1ccccc1O. The zero-order valence-electron chi connectivity index (χ0n) is 11.4. The fraction of sp³-hybridized carbons (Fsp3) is 0.125. The number of nitrogens with zero attached hydrogens (tertiary/aromatic N) is 2. The molecule has 0 spiro atoms. The Kier molecular flexibility index (Phi) is 4.15. The van der Waals surface area contributed by atoms with Crippen LogP contribution in [0.5, 0.6) is 11.5 Å². The maximum Gasteiger partial charge on any atom is 0.124 e. The highest BCUT2D eigenvalue weighted by atomic mass is 16.3. The summed E-state index contributed by atoms with van der Waals surface area (Å²) in [6.45, 7) is 3.55. The van der Waals surface area contributed by atoms with Crippen LogP contribution in [0.3, 0.4) is 0 Å². The van der Waals surface area contributed by atoms with Crippen LogP contribution in [0.1, 0.15) is 25.0 Å². The number of rotatable bonds is 3. The van der Waals surface area contributed by atoms with Gasteiger partial charge in [0.15, 0.2) is 0 Å². The molecule has 2 N–H and O–H groups in total. The summed E-state index contributed by atoms with van der Waals surface area (Å²) in [5, 5.41) is 27.7. The van der Waals surface area contributed by atoms with Gasteiger partial charge in [-0.05, 0) is 38.1 Å². The normalized spacial score (nSPS) is 12.5. The molecule has 0 saturated heterocycles. The van der Waals surface area contributed by atoms with E-state index in [2.05, 4.69) is 10.2 Å². The molecule has 0 aromatic heterocycles. The highest BCUT2D eigenvalue weighted by molar-refractivity contribution is 6.03. The van der Waals surface area contributed by atoms with Crippen LogP contribution in [0.15, 0.2) is 58.7 Å². The lowest BCUT2D eigenvalue weighted by molar-refractivity contribution is 0.473. The molecule has 0 atom stereocenters. The highest BCUT2D eigenvalue weighted by Gasteiger charge is 2.05. The summed E-state index contributed by atoms with van der Waals surface area (Å²) in [6, 6.07) is 13.9. The first-order valence-electron chi connectivity index (χ1n) is 6.25. The minimum atomic E-state index is 0.171. The Morgan fingerprint density at radius 3 is 1.40 bits per heavy atom.